The lowest BCUT2D eigenvalue weighted by Gasteiger charge is -2.10. The van der Waals surface area contributed by atoms with E-state index in [4.69, 9.17) is 15.2 Å². The van der Waals surface area contributed by atoms with Crippen molar-refractivity contribution >= 4 is 0 Å². The summed E-state index contributed by atoms with van der Waals surface area (Å²) in [5, 5.41) is 0. The zero-order chi connectivity index (χ0) is 10.4. The molecule has 0 spiro atoms. The second kappa shape index (κ2) is 5.50. The van der Waals surface area contributed by atoms with Crippen LogP contribution in [0.15, 0.2) is 18.2 Å². The zero-order valence-electron chi connectivity index (χ0n) is 8.75. The first-order chi connectivity index (χ1) is 6.81. The van der Waals surface area contributed by atoms with Crippen LogP contribution in [0, 0.1) is 0 Å². The molecule has 78 valence electrons. The Morgan fingerprint density at radius 2 is 1.86 bits per heavy atom. The van der Waals surface area contributed by atoms with Crippen molar-refractivity contribution < 1.29 is 9.47 Å². The van der Waals surface area contributed by atoms with Crippen LogP contribution in [-0.2, 0) is 6.54 Å². The largest absolute Gasteiger partial charge is 0.494 e. The Labute approximate surface area is 84.8 Å². The van der Waals surface area contributed by atoms with E-state index >= 15 is 0 Å². The van der Waals surface area contributed by atoms with Gasteiger partial charge in [0.05, 0.1) is 13.2 Å². The summed E-state index contributed by atoms with van der Waals surface area (Å²) in [6.07, 6.45) is 0. The molecule has 0 atom stereocenters. The van der Waals surface area contributed by atoms with E-state index < -0.39 is 0 Å². The molecule has 0 heterocycles. The number of benzene rings is 1. The Morgan fingerprint density at radius 1 is 1.14 bits per heavy atom. The third-order valence-corrected chi connectivity index (χ3v) is 1.86. The molecule has 0 bridgehead atoms. The second-order valence-corrected chi connectivity index (χ2v) is 2.84. The molecule has 1 aromatic rings. The number of nitrogens with two attached hydrogens (primary N) is 1. The lowest BCUT2D eigenvalue weighted by Crippen LogP contribution is -2.03. The Hall–Kier alpha value is -1.22. The number of hydrogen-bond donors (Lipinski definition) is 1. The van der Waals surface area contributed by atoms with Gasteiger partial charge in [0.1, 0.15) is 11.5 Å². The highest BCUT2D eigenvalue weighted by Gasteiger charge is 2.03. The topological polar surface area (TPSA) is 44.5 Å². The number of ether oxygens (including phenoxy) is 2. The molecule has 0 unspecified atom stereocenters. The maximum atomic E-state index is 5.61. The van der Waals surface area contributed by atoms with Gasteiger partial charge in [-0.25, -0.2) is 0 Å². The van der Waals surface area contributed by atoms with E-state index in [0.717, 1.165) is 17.1 Å². The Bertz CT molecular complexity index is 287. The Kier molecular flexibility index (Phi) is 4.26. The monoisotopic (exact) mass is 195 g/mol. The van der Waals surface area contributed by atoms with Crippen LogP contribution in [0.25, 0.3) is 0 Å². The van der Waals surface area contributed by atoms with Crippen LogP contribution in [-0.4, -0.2) is 13.2 Å². The fraction of sp³-hybridized carbons (Fsp3) is 0.455. The molecule has 0 aliphatic rings. The van der Waals surface area contributed by atoms with Crippen LogP contribution in [0.4, 0.5) is 0 Å². The first-order valence-electron chi connectivity index (χ1n) is 4.90. The van der Waals surface area contributed by atoms with Gasteiger partial charge in [0, 0.05) is 12.1 Å². The minimum atomic E-state index is 0.468. The maximum absolute atomic E-state index is 5.61. The molecule has 0 saturated heterocycles. The molecule has 2 N–H and O–H groups in total. The van der Waals surface area contributed by atoms with Crippen LogP contribution in [0.5, 0.6) is 11.5 Å². The van der Waals surface area contributed by atoms with Crippen molar-refractivity contribution in [2.45, 2.75) is 20.4 Å². The standard InChI is InChI=1S/C11H17NO2/c1-3-13-10-5-6-11(14-4-2)9(7-10)8-12/h5-7H,3-4,8,12H2,1-2H3. The van der Waals surface area contributed by atoms with Crippen molar-refractivity contribution in [2.75, 3.05) is 13.2 Å². The maximum Gasteiger partial charge on any atom is 0.124 e. The summed E-state index contributed by atoms with van der Waals surface area (Å²) in [4.78, 5) is 0. The van der Waals surface area contributed by atoms with Crippen molar-refractivity contribution in [3.63, 3.8) is 0 Å². The molecule has 0 fully saturated rings. The summed E-state index contributed by atoms with van der Waals surface area (Å²) in [6, 6.07) is 5.72. The van der Waals surface area contributed by atoms with Crippen LogP contribution in [0.1, 0.15) is 19.4 Å². The molecule has 1 rings (SSSR count). The molecule has 0 aliphatic carbocycles. The molecule has 0 aromatic heterocycles. The summed E-state index contributed by atoms with van der Waals surface area (Å²) in [6.45, 7) is 5.70. The van der Waals surface area contributed by atoms with E-state index in [-0.39, 0.29) is 0 Å². The third kappa shape index (κ3) is 2.64. The number of rotatable bonds is 5. The van der Waals surface area contributed by atoms with Crippen molar-refractivity contribution in [3.8, 4) is 11.5 Å². The Balaban J connectivity index is 2.87. The van der Waals surface area contributed by atoms with Gasteiger partial charge in [-0.3, -0.25) is 0 Å². The average Bonchev–Trinajstić information content (AvgIpc) is 2.21. The lowest BCUT2D eigenvalue weighted by molar-refractivity contribution is 0.327. The highest BCUT2D eigenvalue weighted by atomic mass is 16.5. The van der Waals surface area contributed by atoms with Crippen LogP contribution in [0.3, 0.4) is 0 Å². The van der Waals surface area contributed by atoms with Crippen molar-refractivity contribution in [3.05, 3.63) is 23.8 Å². The van der Waals surface area contributed by atoms with E-state index in [9.17, 15) is 0 Å². The minimum absolute atomic E-state index is 0.468. The summed E-state index contributed by atoms with van der Waals surface area (Å²) >= 11 is 0. The molecular weight excluding hydrogens is 178 g/mol. The van der Waals surface area contributed by atoms with Crippen LogP contribution < -0.4 is 15.2 Å². The van der Waals surface area contributed by atoms with Crippen LogP contribution >= 0.6 is 0 Å². The summed E-state index contributed by atoms with van der Waals surface area (Å²) in [5.74, 6) is 1.69. The zero-order valence-corrected chi connectivity index (χ0v) is 8.75. The van der Waals surface area contributed by atoms with Gasteiger partial charge < -0.3 is 15.2 Å². The van der Waals surface area contributed by atoms with E-state index in [1.165, 1.54) is 0 Å². The fourth-order valence-corrected chi connectivity index (χ4v) is 1.27. The fourth-order valence-electron chi connectivity index (χ4n) is 1.27. The van der Waals surface area contributed by atoms with Gasteiger partial charge >= 0.3 is 0 Å². The van der Waals surface area contributed by atoms with E-state index in [2.05, 4.69) is 0 Å². The van der Waals surface area contributed by atoms with Crippen molar-refractivity contribution in [2.24, 2.45) is 5.73 Å². The van der Waals surface area contributed by atoms with E-state index in [1.807, 2.05) is 32.0 Å². The minimum Gasteiger partial charge on any atom is -0.494 e. The van der Waals surface area contributed by atoms with Crippen molar-refractivity contribution in [1.29, 1.82) is 0 Å². The molecule has 0 saturated carbocycles. The number of hydrogen-bond acceptors (Lipinski definition) is 3. The predicted octanol–water partition coefficient (Wildman–Crippen LogP) is 1.94. The summed E-state index contributed by atoms with van der Waals surface area (Å²) in [5.41, 5.74) is 6.59. The van der Waals surface area contributed by atoms with Gasteiger partial charge in [0.2, 0.25) is 0 Å². The van der Waals surface area contributed by atoms with Gasteiger partial charge in [-0.15, -0.1) is 0 Å². The summed E-state index contributed by atoms with van der Waals surface area (Å²) in [7, 11) is 0. The SMILES string of the molecule is CCOc1ccc(OCC)c(CN)c1. The van der Waals surface area contributed by atoms with Gasteiger partial charge in [-0.05, 0) is 32.0 Å². The first-order valence-corrected chi connectivity index (χ1v) is 4.90. The molecule has 3 heteroatoms. The van der Waals surface area contributed by atoms with Crippen LogP contribution in [0.2, 0.25) is 0 Å². The Morgan fingerprint density at radius 3 is 2.43 bits per heavy atom. The highest BCUT2D eigenvalue weighted by Crippen LogP contribution is 2.23. The molecular formula is C11H17NO2. The first kappa shape index (κ1) is 10.9. The quantitative estimate of drug-likeness (QED) is 0.781. The molecule has 3 nitrogen and oxygen atoms in total. The van der Waals surface area contributed by atoms with Gasteiger partial charge in [0.15, 0.2) is 0 Å². The third-order valence-electron chi connectivity index (χ3n) is 1.86. The lowest BCUT2D eigenvalue weighted by atomic mass is 10.2. The highest BCUT2D eigenvalue weighted by molar-refractivity contribution is 5.40. The normalized spacial score (nSPS) is 9.93. The molecule has 0 radical (unpaired) electrons. The molecule has 1 aromatic carbocycles. The smallest absolute Gasteiger partial charge is 0.124 e. The van der Waals surface area contributed by atoms with Gasteiger partial charge in [-0.1, -0.05) is 0 Å². The van der Waals surface area contributed by atoms with Crippen molar-refractivity contribution in [1.82, 2.24) is 0 Å². The van der Waals surface area contributed by atoms with Gasteiger partial charge in [-0.2, -0.15) is 0 Å². The van der Waals surface area contributed by atoms with Gasteiger partial charge in [0.25, 0.3) is 0 Å². The molecule has 14 heavy (non-hydrogen) atoms. The molecule has 0 amide bonds. The summed E-state index contributed by atoms with van der Waals surface area (Å²) < 4.78 is 10.8. The predicted molar refractivity (Wildman–Crippen MR) is 56.7 cm³/mol. The van der Waals surface area contributed by atoms with E-state index in [1.54, 1.807) is 0 Å². The van der Waals surface area contributed by atoms with E-state index in [0.29, 0.717) is 19.8 Å². The molecule has 0 aliphatic heterocycles. The average molecular weight is 195 g/mol. The second-order valence-electron chi connectivity index (χ2n) is 2.84.